The van der Waals surface area contributed by atoms with E-state index in [2.05, 4.69) is 15.0 Å². The summed E-state index contributed by atoms with van der Waals surface area (Å²) in [6, 6.07) is 6.62. The van der Waals surface area contributed by atoms with Crippen molar-refractivity contribution in [3.05, 3.63) is 47.4 Å². The Bertz CT molecular complexity index is 585. The third-order valence-electron chi connectivity index (χ3n) is 3.58. The second-order valence-corrected chi connectivity index (χ2v) is 5.55. The van der Waals surface area contributed by atoms with Gasteiger partial charge in [0.1, 0.15) is 5.82 Å². The van der Waals surface area contributed by atoms with Crippen LogP contribution in [0.2, 0.25) is 0 Å². The van der Waals surface area contributed by atoms with Crippen LogP contribution in [0.1, 0.15) is 30.1 Å². The van der Waals surface area contributed by atoms with Crippen molar-refractivity contribution in [3.8, 4) is 0 Å². The summed E-state index contributed by atoms with van der Waals surface area (Å²) in [7, 11) is 0. The Balaban J connectivity index is 0.00000176. The Morgan fingerprint density at radius 3 is 2.55 bits per heavy atom. The number of nitrogens with zero attached hydrogens (tertiary/aromatic N) is 3. The summed E-state index contributed by atoms with van der Waals surface area (Å²) in [4.78, 5) is 6.52. The number of aromatic nitrogens is 2. The van der Waals surface area contributed by atoms with Gasteiger partial charge in [0.15, 0.2) is 5.82 Å². The summed E-state index contributed by atoms with van der Waals surface area (Å²) in [5, 5.41) is 3.94. The minimum absolute atomic E-state index is 0. The summed E-state index contributed by atoms with van der Waals surface area (Å²) in [6.07, 6.45) is 2.56. The molecule has 0 bridgehead atoms. The molecule has 0 spiro atoms. The topological polar surface area (TPSA) is 68.2 Å². The first-order valence-corrected chi connectivity index (χ1v) is 7.21. The maximum Gasteiger partial charge on any atom is 0.240 e. The van der Waals surface area contributed by atoms with E-state index in [0.717, 1.165) is 24.6 Å². The largest absolute Gasteiger partial charge is 0.338 e. The highest BCUT2D eigenvalue weighted by Crippen LogP contribution is 2.30. The van der Waals surface area contributed by atoms with Gasteiger partial charge >= 0.3 is 0 Å². The number of nitrogens with two attached hydrogens (primary N) is 1. The maximum atomic E-state index is 13.0. The quantitative estimate of drug-likeness (QED) is 0.846. The fourth-order valence-corrected chi connectivity index (χ4v) is 2.34. The van der Waals surface area contributed by atoms with Crippen molar-refractivity contribution in [1.29, 1.82) is 0 Å². The van der Waals surface area contributed by atoms with Crippen LogP contribution in [0.3, 0.4) is 0 Å². The van der Waals surface area contributed by atoms with E-state index in [1.165, 1.54) is 25.0 Å². The van der Waals surface area contributed by atoms with E-state index in [1.807, 2.05) is 12.1 Å². The molecule has 0 aliphatic heterocycles. The smallest absolute Gasteiger partial charge is 0.240 e. The second-order valence-electron chi connectivity index (χ2n) is 5.55. The van der Waals surface area contributed by atoms with Gasteiger partial charge in [0.25, 0.3) is 0 Å². The van der Waals surface area contributed by atoms with Crippen LogP contribution in [-0.2, 0) is 19.6 Å². The van der Waals surface area contributed by atoms with E-state index in [-0.39, 0.29) is 24.8 Å². The van der Waals surface area contributed by atoms with Crippen LogP contribution >= 0.6 is 12.4 Å². The first-order chi connectivity index (χ1) is 10.2. The lowest BCUT2D eigenvalue weighted by molar-refractivity contribution is 0.235. The van der Waals surface area contributed by atoms with Gasteiger partial charge in [-0.25, -0.2) is 4.39 Å². The molecule has 1 fully saturated rings. The molecule has 1 aromatic heterocycles. The van der Waals surface area contributed by atoms with Gasteiger partial charge < -0.3 is 10.3 Å². The molecule has 1 aliphatic rings. The fraction of sp³-hybridized carbons (Fsp3) is 0.467. The van der Waals surface area contributed by atoms with Crippen LogP contribution in [0.5, 0.6) is 0 Å². The predicted molar refractivity (Wildman–Crippen MR) is 82.7 cm³/mol. The first kappa shape index (κ1) is 16.9. The van der Waals surface area contributed by atoms with E-state index >= 15 is 0 Å². The molecule has 120 valence electrons. The van der Waals surface area contributed by atoms with E-state index in [4.69, 9.17) is 10.3 Å². The lowest BCUT2D eigenvalue weighted by Gasteiger charge is -2.20. The van der Waals surface area contributed by atoms with Gasteiger partial charge in [-0.15, -0.1) is 12.4 Å². The molecular formula is C15H20ClFN4O. The zero-order chi connectivity index (χ0) is 14.7. The number of benzene rings is 1. The molecule has 3 rings (SSSR count). The Labute approximate surface area is 135 Å². The van der Waals surface area contributed by atoms with Crippen LogP contribution in [0.25, 0.3) is 0 Å². The van der Waals surface area contributed by atoms with Crippen molar-refractivity contribution >= 4 is 12.4 Å². The highest BCUT2D eigenvalue weighted by atomic mass is 35.5. The average molecular weight is 327 g/mol. The molecule has 0 unspecified atom stereocenters. The molecule has 0 radical (unpaired) electrons. The van der Waals surface area contributed by atoms with Crippen LogP contribution in [-0.4, -0.2) is 21.6 Å². The molecule has 0 saturated heterocycles. The maximum absolute atomic E-state index is 13.0. The lowest BCUT2D eigenvalue weighted by Crippen LogP contribution is -2.25. The van der Waals surface area contributed by atoms with E-state index in [9.17, 15) is 4.39 Å². The zero-order valence-electron chi connectivity index (χ0n) is 12.2. The minimum atomic E-state index is -0.210. The molecule has 0 atom stereocenters. The number of hydrogen-bond acceptors (Lipinski definition) is 5. The van der Waals surface area contributed by atoms with Crippen molar-refractivity contribution in [1.82, 2.24) is 15.0 Å². The average Bonchev–Trinajstić information content (AvgIpc) is 3.18. The molecule has 7 heteroatoms. The highest BCUT2D eigenvalue weighted by Gasteiger charge is 2.25. The van der Waals surface area contributed by atoms with Crippen LogP contribution in [0.4, 0.5) is 4.39 Å². The van der Waals surface area contributed by atoms with Crippen molar-refractivity contribution in [2.75, 3.05) is 6.54 Å². The summed E-state index contributed by atoms with van der Waals surface area (Å²) in [5.41, 5.74) is 6.56. The Morgan fingerprint density at radius 2 is 1.95 bits per heavy atom. The van der Waals surface area contributed by atoms with E-state index in [1.54, 1.807) is 0 Å². The summed E-state index contributed by atoms with van der Waals surface area (Å²) >= 11 is 0. The van der Waals surface area contributed by atoms with E-state index in [0.29, 0.717) is 18.3 Å². The third-order valence-corrected chi connectivity index (χ3v) is 3.58. The predicted octanol–water partition coefficient (Wildman–Crippen LogP) is 2.50. The molecule has 1 heterocycles. The Morgan fingerprint density at radius 1 is 1.23 bits per heavy atom. The number of hydrogen-bond donors (Lipinski definition) is 1. The van der Waals surface area contributed by atoms with Crippen molar-refractivity contribution in [2.45, 2.75) is 32.5 Å². The molecule has 1 aliphatic carbocycles. The first-order valence-electron chi connectivity index (χ1n) is 7.21. The van der Waals surface area contributed by atoms with Gasteiger partial charge in [0.2, 0.25) is 5.89 Å². The SMILES string of the molecule is Cl.NCc1nc(CN(Cc2ccc(F)cc2)CC2CC2)no1. The Kier molecular flexibility index (Phi) is 5.88. The number of rotatable bonds is 7. The van der Waals surface area contributed by atoms with Crippen LogP contribution in [0, 0.1) is 11.7 Å². The van der Waals surface area contributed by atoms with Gasteiger partial charge in [-0.2, -0.15) is 4.98 Å². The normalized spacial score (nSPS) is 14.1. The lowest BCUT2D eigenvalue weighted by atomic mass is 10.2. The summed E-state index contributed by atoms with van der Waals surface area (Å²) in [6.45, 7) is 2.64. The van der Waals surface area contributed by atoms with Gasteiger partial charge in [-0.3, -0.25) is 4.90 Å². The Hall–Kier alpha value is -1.50. The van der Waals surface area contributed by atoms with Gasteiger partial charge in [-0.05, 0) is 36.5 Å². The molecule has 2 aromatic rings. The molecule has 1 saturated carbocycles. The molecule has 1 aromatic carbocycles. The molecule has 0 amide bonds. The monoisotopic (exact) mass is 326 g/mol. The third kappa shape index (κ3) is 4.76. The standard InChI is InChI=1S/C15H19FN4O.ClH/c16-13-5-3-12(4-6-13)9-20(8-11-1-2-11)10-14-18-15(7-17)21-19-14;/h3-6,11H,1-2,7-10,17H2;1H. The molecule has 5 nitrogen and oxygen atoms in total. The summed E-state index contributed by atoms with van der Waals surface area (Å²) < 4.78 is 18.0. The van der Waals surface area contributed by atoms with Crippen molar-refractivity contribution in [2.24, 2.45) is 11.7 Å². The van der Waals surface area contributed by atoms with Crippen LogP contribution in [0.15, 0.2) is 28.8 Å². The minimum Gasteiger partial charge on any atom is -0.338 e. The van der Waals surface area contributed by atoms with Crippen molar-refractivity contribution in [3.63, 3.8) is 0 Å². The van der Waals surface area contributed by atoms with Gasteiger partial charge in [0.05, 0.1) is 13.1 Å². The number of halogens is 2. The van der Waals surface area contributed by atoms with E-state index < -0.39 is 0 Å². The molecule has 2 N–H and O–H groups in total. The second kappa shape index (κ2) is 7.67. The molecule has 22 heavy (non-hydrogen) atoms. The zero-order valence-corrected chi connectivity index (χ0v) is 13.1. The van der Waals surface area contributed by atoms with Crippen LogP contribution < -0.4 is 5.73 Å². The summed E-state index contributed by atoms with van der Waals surface area (Å²) in [5.74, 6) is 1.65. The molecular weight excluding hydrogens is 307 g/mol. The van der Waals surface area contributed by atoms with Gasteiger partial charge in [0, 0.05) is 13.1 Å². The van der Waals surface area contributed by atoms with Crippen molar-refractivity contribution < 1.29 is 8.91 Å². The fourth-order valence-electron chi connectivity index (χ4n) is 2.34. The van der Waals surface area contributed by atoms with Gasteiger partial charge in [-0.1, -0.05) is 17.3 Å². The highest BCUT2D eigenvalue weighted by molar-refractivity contribution is 5.85.